The predicted molar refractivity (Wildman–Crippen MR) is 110 cm³/mol. The summed E-state index contributed by atoms with van der Waals surface area (Å²) in [5, 5.41) is 0.751. The molecule has 3 rings (SSSR count). The molecule has 1 aliphatic rings. The summed E-state index contributed by atoms with van der Waals surface area (Å²) in [6.45, 7) is 6.07. The van der Waals surface area contributed by atoms with Crippen LogP contribution in [-0.2, 0) is 25.6 Å². The fourth-order valence-electron chi connectivity index (χ4n) is 3.58. The number of carbonyl (C=O) groups is 1. The first-order valence-corrected chi connectivity index (χ1v) is 11.3. The van der Waals surface area contributed by atoms with E-state index < -0.39 is 10.1 Å². The van der Waals surface area contributed by atoms with Gasteiger partial charge in [-0.2, -0.15) is 8.42 Å². The van der Waals surface area contributed by atoms with Crippen LogP contribution in [0.4, 0.5) is 5.82 Å². The molecule has 0 bridgehead atoms. The van der Waals surface area contributed by atoms with E-state index in [2.05, 4.69) is 23.8 Å². The second kappa shape index (κ2) is 8.60. The summed E-state index contributed by atoms with van der Waals surface area (Å²) in [5.41, 5.74) is 7.45. The lowest BCUT2D eigenvalue weighted by Gasteiger charge is -2.41. The van der Waals surface area contributed by atoms with Crippen molar-refractivity contribution in [2.24, 2.45) is 5.92 Å². The standard InChI is InChI=1S/C19H27N5O4S/c1-13(2)7-23-9-15(11-28-29(3,26)27)24(18(25)10-23)8-14-4-5-16-17(6-14)21-12-22-19(16)20/h4-6,12-13,15H,7-11H2,1-3H3,(H2,20,21,22)/t15-/m1/s1. The second-order valence-electron chi connectivity index (χ2n) is 7.86. The summed E-state index contributed by atoms with van der Waals surface area (Å²) in [6.07, 6.45) is 2.42. The lowest BCUT2D eigenvalue weighted by Crippen LogP contribution is -2.58. The monoisotopic (exact) mass is 421 g/mol. The van der Waals surface area contributed by atoms with E-state index in [-0.39, 0.29) is 18.6 Å². The number of aromatic nitrogens is 2. The number of amides is 1. The maximum atomic E-state index is 12.9. The molecule has 0 radical (unpaired) electrons. The summed E-state index contributed by atoms with van der Waals surface area (Å²) in [5.74, 6) is 0.747. The van der Waals surface area contributed by atoms with Crippen molar-refractivity contribution in [3.8, 4) is 0 Å². The number of carbonyl (C=O) groups excluding carboxylic acids is 1. The Kier molecular flexibility index (Phi) is 6.35. The molecule has 1 saturated heterocycles. The molecule has 10 heteroatoms. The number of nitrogens with zero attached hydrogens (tertiary/aromatic N) is 4. The fraction of sp³-hybridized carbons (Fsp3) is 0.526. The summed E-state index contributed by atoms with van der Waals surface area (Å²) in [4.78, 5) is 24.8. The average molecular weight is 422 g/mol. The largest absolute Gasteiger partial charge is 0.383 e. The smallest absolute Gasteiger partial charge is 0.264 e. The van der Waals surface area contributed by atoms with Gasteiger partial charge in [0.15, 0.2) is 0 Å². The van der Waals surface area contributed by atoms with Gasteiger partial charge >= 0.3 is 0 Å². The second-order valence-corrected chi connectivity index (χ2v) is 9.51. The predicted octanol–water partition coefficient (Wildman–Crippen LogP) is 0.857. The molecular formula is C19H27N5O4S. The van der Waals surface area contributed by atoms with E-state index in [1.807, 2.05) is 23.1 Å². The first kappa shape index (κ1) is 21.4. The molecule has 2 heterocycles. The van der Waals surface area contributed by atoms with Crippen LogP contribution in [0.2, 0.25) is 0 Å². The molecular weight excluding hydrogens is 394 g/mol. The first-order valence-electron chi connectivity index (χ1n) is 9.47. The Balaban J connectivity index is 1.82. The highest BCUT2D eigenvalue weighted by atomic mass is 32.2. The number of nitrogens with two attached hydrogens (primary N) is 1. The Labute approximate surface area is 171 Å². The summed E-state index contributed by atoms with van der Waals surface area (Å²) >= 11 is 0. The van der Waals surface area contributed by atoms with Crippen LogP contribution in [0, 0.1) is 5.92 Å². The van der Waals surface area contributed by atoms with Crippen molar-refractivity contribution < 1.29 is 17.4 Å². The minimum atomic E-state index is -3.60. The molecule has 1 amide bonds. The van der Waals surface area contributed by atoms with Gasteiger partial charge in [0.05, 0.1) is 31.0 Å². The van der Waals surface area contributed by atoms with E-state index in [9.17, 15) is 13.2 Å². The molecule has 158 valence electrons. The van der Waals surface area contributed by atoms with Gasteiger partial charge in [-0.15, -0.1) is 0 Å². The molecule has 1 aromatic carbocycles. The topological polar surface area (TPSA) is 119 Å². The van der Waals surface area contributed by atoms with Crippen LogP contribution in [0.5, 0.6) is 0 Å². The Morgan fingerprint density at radius 1 is 1.31 bits per heavy atom. The molecule has 0 unspecified atom stereocenters. The third-order valence-electron chi connectivity index (χ3n) is 4.77. The van der Waals surface area contributed by atoms with E-state index in [0.29, 0.717) is 36.9 Å². The van der Waals surface area contributed by atoms with Crippen LogP contribution in [0.15, 0.2) is 24.5 Å². The molecule has 1 aliphatic heterocycles. The molecule has 1 aromatic heterocycles. The molecule has 1 fully saturated rings. The quantitative estimate of drug-likeness (QED) is 0.654. The van der Waals surface area contributed by atoms with Crippen molar-refractivity contribution in [1.82, 2.24) is 19.8 Å². The third-order valence-corrected chi connectivity index (χ3v) is 5.34. The van der Waals surface area contributed by atoms with Crippen molar-refractivity contribution in [2.45, 2.75) is 26.4 Å². The van der Waals surface area contributed by atoms with Gasteiger partial charge < -0.3 is 10.6 Å². The molecule has 2 aromatic rings. The maximum absolute atomic E-state index is 12.9. The number of benzene rings is 1. The van der Waals surface area contributed by atoms with E-state index in [1.165, 1.54) is 6.33 Å². The molecule has 0 aliphatic carbocycles. The minimum Gasteiger partial charge on any atom is -0.383 e. The Morgan fingerprint density at radius 2 is 2.07 bits per heavy atom. The first-order chi connectivity index (χ1) is 13.6. The van der Waals surface area contributed by atoms with E-state index in [0.717, 1.165) is 23.8 Å². The summed E-state index contributed by atoms with van der Waals surface area (Å²) < 4.78 is 28.0. The van der Waals surface area contributed by atoms with Crippen LogP contribution in [0.25, 0.3) is 10.9 Å². The number of fused-ring (bicyclic) bond motifs is 1. The lowest BCUT2D eigenvalue weighted by molar-refractivity contribution is -0.142. The summed E-state index contributed by atoms with van der Waals surface area (Å²) in [6, 6.07) is 5.22. The summed E-state index contributed by atoms with van der Waals surface area (Å²) in [7, 11) is -3.60. The number of anilines is 1. The number of hydrogen-bond acceptors (Lipinski definition) is 8. The van der Waals surface area contributed by atoms with E-state index >= 15 is 0 Å². The van der Waals surface area contributed by atoms with E-state index in [1.54, 1.807) is 4.90 Å². The van der Waals surface area contributed by atoms with Gasteiger partial charge in [-0.1, -0.05) is 19.9 Å². The van der Waals surface area contributed by atoms with Gasteiger partial charge in [-0.3, -0.25) is 13.9 Å². The van der Waals surface area contributed by atoms with Crippen molar-refractivity contribution in [1.29, 1.82) is 0 Å². The van der Waals surface area contributed by atoms with Crippen LogP contribution >= 0.6 is 0 Å². The van der Waals surface area contributed by atoms with Crippen molar-refractivity contribution in [3.05, 3.63) is 30.1 Å². The fourth-order valence-corrected chi connectivity index (χ4v) is 3.99. The van der Waals surface area contributed by atoms with Gasteiger partial charge in [0.2, 0.25) is 5.91 Å². The van der Waals surface area contributed by atoms with Crippen LogP contribution in [0.1, 0.15) is 19.4 Å². The van der Waals surface area contributed by atoms with Gasteiger partial charge in [-0.05, 0) is 23.6 Å². The van der Waals surface area contributed by atoms with Crippen LogP contribution < -0.4 is 5.73 Å². The highest BCUT2D eigenvalue weighted by Gasteiger charge is 2.33. The lowest BCUT2D eigenvalue weighted by atomic mass is 10.1. The number of piperazine rings is 1. The SMILES string of the molecule is CC(C)CN1CC(=O)N(Cc2ccc3c(N)ncnc3c2)[C@@H](COS(C)(=O)=O)C1. The third kappa shape index (κ3) is 5.62. The Morgan fingerprint density at radius 3 is 2.76 bits per heavy atom. The zero-order chi connectivity index (χ0) is 21.2. The zero-order valence-electron chi connectivity index (χ0n) is 16.9. The van der Waals surface area contributed by atoms with Gasteiger partial charge in [0.25, 0.3) is 10.1 Å². The van der Waals surface area contributed by atoms with Gasteiger partial charge in [0.1, 0.15) is 12.1 Å². The molecule has 0 spiro atoms. The highest BCUT2D eigenvalue weighted by molar-refractivity contribution is 7.85. The Bertz CT molecular complexity index is 995. The maximum Gasteiger partial charge on any atom is 0.264 e. The molecule has 9 nitrogen and oxygen atoms in total. The zero-order valence-corrected chi connectivity index (χ0v) is 17.7. The van der Waals surface area contributed by atoms with Crippen LogP contribution in [0.3, 0.4) is 0 Å². The highest BCUT2D eigenvalue weighted by Crippen LogP contribution is 2.21. The van der Waals surface area contributed by atoms with Gasteiger partial charge in [-0.25, -0.2) is 9.97 Å². The normalized spacial score (nSPS) is 18.7. The number of rotatable bonds is 7. The number of hydrogen-bond donors (Lipinski definition) is 1. The average Bonchev–Trinajstić information content (AvgIpc) is 2.61. The molecule has 0 saturated carbocycles. The minimum absolute atomic E-state index is 0.0544. The van der Waals surface area contributed by atoms with E-state index in [4.69, 9.17) is 9.92 Å². The number of nitrogen functional groups attached to an aromatic ring is 1. The van der Waals surface area contributed by atoms with Crippen molar-refractivity contribution in [2.75, 3.05) is 38.2 Å². The molecule has 2 N–H and O–H groups in total. The Hall–Kier alpha value is -2.30. The van der Waals surface area contributed by atoms with Gasteiger partial charge in [0, 0.05) is 25.0 Å². The molecule has 29 heavy (non-hydrogen) atoms. The molecule has 1 atom stereocenters. The van der Waals surface area contributed by atoms with Crippen molar-refractivity contribution >= 4 is 32.7 Å². The van der Waals surface area contributed by atoms with Crippen LogP contribution in [-0.4, -0.2) is 72.6 Å². The van der Waals surface area contributed by atoms with Crippen molar-refractivity contribution in [3.63, 3.8) is 0 Å².